The zero-order valence-corrected chi connectivity index (χ0v) is 20.1. The lowest BCUT2D eigenvalue weighted by Crippen LogP contribution is -2.52. The number of carbonyl (C=O) groups excluding carboxylic acids is 1. The number of likely N-dealkylation sites (tertiary alicyclic amines) is 2. The van der Waals surface area contributed by atoms with Crippen LogP contribution in [0.3, 0.4) is 0 Å². The highest BCUT2D eigenvalue weighted by Gasteiger charge is 2.26. The number of carbonyl (C=O) groups is 1. The maximum Gasteiger partial charge on any atom is 0.241 e. The van der Waals surface area contributed by atoms with Crippen molar-refractivity contribution in [1.82, 2.24) is 20.4 Å². The van der Waals surface area contributed by atoms with Gasteiger partial charge in [0.25, 0.3) is 0 Å². The molecule has 162 valence electrons. The van der Waals surface area contributed by atoms with Gasteiger partial charge in [0.1, 0.15) is 0 Å². The van der Waals surface area contributed by atoms with Crippen LogP contribution in [0.1, 0.15) is 44.6 Å². The van der Waals surface area contributed by atoms with E-state index < -0.39 is 0 Å². The number of rotatable bonds is 5. The van der Waals surface area contributed by atoms with Gasteiger partial charge < -0.3 is 15.5 Å². The van der Waals surface area contributed by atoms with Gasteiger partial charge in [-0.3, -0.25) is 14.7 Å². The van der Waals surface area contributed by atoms with E-state index in [0.29, 0.717) is 18.6 Å². The van der Waals surface area contributed by atoms with E-state index in [1.165, 1.54) is 12.0 Å². The average Bonchev–Trinajstić information content (AvgIpc) is 2.74. The Hall–Kier alpha value is -1.35. The van der Waals surface area contributed by atoms with E-state index in [0.717, 1.165) is 57.8 Å². The van der Waals surface area contributed by atoms with E-state index in [9.17, 15) is 4.79 Å². The molecule has 2 aliphatic rings. The number of aliphatic imine (C=N–C) groups is 1. The molecule has 29 heavy (non-hydrogen) atoms. The van der Waals surface area contributed by atoms with Gasteiger partial charge in [-0.2, -0.15) is 0 Å². The molecule has 0 saturated carbocycles. The first kappa shape index (κ1) is 23.9. The van der Waals surface area contributed by atoms with Crippen LogP contribution in [-0.4, -0.2) is 67.0 Å². The van der Waals surface area contributed by atoms with Crippen LogP contribution in [0.25, 0.3) is 0 Å². The summed E-state index contributed by atoms with van der Waals surface area (Å²) in [5, 5.41) is 6.73. The van der Waals surface area contributed by atoms with Gasteiger partial charge in [-0.05, 0) is 44.6 Å². The fraction of sp³-hybridized carbons (Fsp3) is 0.636. The smallest absolute Gasteiger partial charge is 0.241 e. The van der Waals surface area contributed by atoms with Gasteiger partial charge >= 0.3 is 0 Å². The Kier molecular flexibility index (Phi) is 10.2. The largest absolute Gasteiger partial charge is 0.354 e. The molecule has 0 bridgehead atoms. The molecule has 2 heterocycles. The topological polar surface area (TPSA) is 60.0 Å². The van der Waals surface area contributed by atoms with Crippen molar-refractivity contribution in [2.75, 3.05) is 33.2 Å². The summed E-state index contributed by atoms with van der Waals surface area (Å²) in [6.45, 7) is 6.48. The molecule has 1 aromatic carbocycles. The standard InChI is InChI=1S/C22H35N5O.HI/c1-18-15-20(11-14-27(18)17-19-9-5-3-6-10-19)25-22(23-2)24-16-21(28)26-12-7-4-8-13-26;/h3,5-6,9-10,18,20H,4,7-8,11-17H2,1-2H3,(H2,23,24,25);1H. The summed E-state index contributed by atoms with van der Waals surface area (Å²) >= 11 is 0. The SMILES string of the molecule is CN=C(NCC(=O)N1CCCCC1)NC1CCN(Cc2ccccc2)C(C)C1.I. The van der Waals surface area contributed by atoms with Crippen LogP contribution in [0.4, 0.5) is 0 Å². The van der Waals surface area contributed by atoms with Crippen LogP contribution < -0.4 is 10.6 Å². The molecule has 2 unspecified atom stereocenters. The first-order valence-electron chi connectivity index (χ1n) is 10.7. The van der Waals surface area contributed by atoms with Crippen LogP contribution >= 0.6 is 24.0 Å². The molecule has 0 aromatic heterocycles. The van der Waals surface area contributed by atoms with Crippen molar-refractivity contribution in [3.8, 4) is 0 Å². The maximum atomic E-state index is 12.4. The fourth-order valence-electron chi connectivity index (χ4n) is 4.21. The summed E-state index contributed by atoms with van der Waals surface area (Å²) in [5.74, 6) is 0.910. The van der Waals surface area contributed by atoms with Crippen molar-refractivity contribution < 1.29 is 4.79 Å². The van der Waals surface area contributed by atoms with Crippen LogP contribution in [0.5, 0.6) is 0 Å². The van der Waals surface area contributed by atoms with Crippen molar-refractivity contribution in [2.45, 2.75) is 57.7 Å². The minimum Gasteiger partial charge on any atom is -0.354 e. The van der Waals surface area contributed by atoms with E-state index in [-0.39, 0.29) is 29.9 Å². The highest BCUT2D eigenvalue weighted by atomic mass is 127. The second kappa shape index (κ2) is 12.4. The molecule has 1 aromatic rings. The third-order valence-electron chi connectivity index (χ3n) is 5.92. The predicted octanol–water partition coefficient (Wildman–Crippen LogP) is 2.84. The molecule has 2 atom stereocenters. The van der Waals surface area contributed by atoms with Crippen molar-refractivity contribution in [1.29, 1.82) is 0 Å². The quantitative estimate of drug-likeness (QED) is 0.361. The Bertz CT molecular complexity index is 648. The van der Waals surface area contributed by atoms with Gasteiger partial charge in [0.05, 0.1) is 6.54 Å². The van der Waals surface area contributed by atoms with Gasteiger partial charge in [-0.15, -0.1) is 24.0 Å². The Balaban J connectivity index is 0.00000300. The first-order chi connectivity index (χ1) is 13.7. The molecule has 2 aliphatic heterocycles. The minimum atomic E-state index is 0. The number of hydrogen-bond acceptors (Lipinski definition) is 3. The summed E-state index contributed by atoms with van der Waals surface area (Å²) in [5.41, 5.74) is 1.37. The molecule has 0 spiro atoms. The second-order valence-corrected chi connectivity index (χ2v) is 8.04. The second-order valence-electron chi connectivity index (χ2n) is 8.04. The lowest BCUT2D eigenvalue weighted by molar-refractivity contribution is -0.130. The van der Waals surface area contributed by atoms with Crippen molar-refractivity contribution in [3.05, 3.63) is 35.9 Å². The van der Waals surface area contributed by atoms with Gasteiger partial charge in [0, 0.05) is 45.3 Å². The zero-order valence-electron chi connectivity index (χ0n) is 17.8. The average molecular weight is 513 g/mol. The van der Waals surface area contributed by atoms with E-state index in [2.05, 4.69) is 57.8 Å². The highest BCUT2D eigenvalue weighted by molar-refractivity contribution is 14.0. The summed E-state index contributed by atoms with van der Waals surface area (Å²) in [6, 6.07) is 11.6. The van der Waals surface area contributed by atoms with Gasteiger partial charge in [0.2, 0.25) is 5.91 Å². The summed E-state index contributed by atoms with van der Waals surface area (Å²) in [4.78, 5) is 21.2. The van der Waals surface area contributed by atoms with Crippen LogP contribution in [-0.2, 0) is 11.3 Å². The number of nitrogens with zero attached hydrogens (tertiary/aromatic N) is 3. The lowest BCUT2D eigenvalue weighted by atomic mass is 9.97. The number of hydrogen-bond donors (Lipinski definition) is 2. The number of nitrogens with one attached hydrogen (secondary N) is 2. The molecule has 6 nitrogen and oxygen atoms in total. The molecule has 0 aliphatic carbocycles. The Morgan fingerprint density at radius 1 is 1.14 bits per heavy atom. The monoisotopic (exact) mass is 513 g/mol. The molecule has 3 rings (SSSR count). The van der Waals surface area contributed by atoms with Gasteiger partial charge in [0.15, 0.2) is 5.96 Å². The summed E-state index contributed by atoms with van der Waals surface area (Å²) < 4.78 is 0. The van der Waals surface area contributed by atoms with Crippen LogP contribution in [0.15, 0.2) is 35.3 Å². The molecule has 0 radical (unpaired) electrons. The van der Waals surface area contributed by atoms with Crippen molar-refractivity contribution >= 4 is 35.8 Å². The molecular weight excluding hydrogens is 477 g/mol. The number of halogens is 1. The zero-order chi connectivity index (χ0) is 19.8. The third-order valence-corrected chi connectivity index (χ3v) is 5.92. The minimum absolute atomic E-state index is 0. The van der Waals surface area contributed by atoms with Crippen molar-refractivity contribution in [2.24, 2.45) is 4.99 Å². The van der Waals surface area contributed by atoms with Crippen molar-refractivity contribution in [3.63, 3.8) is 0 Å². The molecule has 2 saturated heterocycles. The Morgan fingerprint density at radius 3 is 2.52 bits per heavy atom. The summed E-state index contributed by atoms with van der Waals surface area (Å²) in [7, 11) is 1.77. The number of benzene rings is 1. The molecule has 2 N–H and O–H groups in total. The molecule has 1 amide bonds. The number of amides is 1. The number of guanidine groups is 1. The lowest BCUT2D eigenvalue weighted by Gasteiger charge is -2.38. The Labute approximate surface area is 192 Å². The van der Waals surface area contributed by atoms with Gasteiger partial charge in [-0.25, -0.2) is 0 Å². The summed E-state index contributed by atoms with van der Waals surface area (Å²) in [6.07, 6.45) is 5.64. The fourth-order valence-corrected chi connectivity index (χ4v) is 4.21. The predicted molar refractivity (Wildman–Crippen MR) is 130 cm³/mol. The van der Waals surface area contributed by atoms with E-state index in [1.54, 1.807) is 7.05 Å². The molecule has 2 fully saturated rings. The normalized spacial score (nSPS) is 23.2. The number of piperidine rings is 2. The van der Waals surface area contributed by atoms with Gasteiger partial charge in [-0.1, -0.05) is 30.3 Å². The highest BCUT2D eigenvalue weighted by Crippen LogP contribution is 2.20. The Morgan fingerprint density at radius 2 is 1.86 bits per heavy atom. The van der Waals surface area contributed by atoms with Crippen LogP contribution in [0.2, 0.25) is 0 Å². The molecular formula is C22H36IN5O. The molecule has 7 heteroatoms. The van der Waals surface area contributed by atoms with E-state index >= 15 is 0 Å². The van der Waals surface area contributed by atoms with Crippen LogP contribution in [0, 0.1) is 0 Å². The first-order valence-corrected chi connectivity index (χ1v) is 10.7. The van der Waals surface area contributed by atoms with E-state index in [4.69, 9.17) is 0 Å². The van der Waals surface area contributed by atoms with E-state index in [1.807, 2.05) is 4.90 Å². The third kappa shape index (κ3) is 7.44. The maximum absolute atomic E-state index is 12.4.